The highest BCUT2D eigenvalue weighted by atomic mass is 16.4. The van der Waals surface area contributed by atoms with Crippen LogP contribution in [-0.2, 0) is 11.3 Å². The van der Waals surface area contributed by atoms with Crippen LogP contribution in [0.25, 0.3) is 0 Å². The minimum atomic E-state index is -0.981. The molecule has 0 unspecified atom stereocenters. The summed E-state index contributed by atoms with van der Waals surface area (Å²) in [5.41, 5.74) is 0.958. The van der Waals surface area contributed by atoms with E-state index in [1.165, 1.54) is 12.1 Å². The molecule has 2 N–H and O–H groups in total. The van der Waals surface area contributed by atoms with Gasteiger partial charge in [-0.05, 0) is 17.7 Å². The maximum absolute atomic E-state index is 11.3. The lowest BCUT2D eigenvalue weighted by atomic mass is 10.1. The largest absolute Gasteiger partial charge is 0.478 e. The van der Waals surface area contributed by atoms with Crippen LogP contribution in [0.5, 0.6) is 0 Å². The van der Waals surface area contributed by atoms with Crippen molar-refractivity contribution in [1.29, 1.82) is 0 Å². The van der Waals surface area contributed by atoms with Gasteiger partial charge < -0.3 is 10.4 Å². The lowest BCUT2D eigenvalue weighted by Crippen LogP contribution is -2.22. The van der Waals surface area contributed by atoms with Gasteiger partial charge in [0, 0.05) is 19.4 Å². The highest BCUT2D eigenvalue weighted by molar-refractivity contribution is 5.87. The fourth-order valence-electron chi connectivity index (χ4n) is 1.29. The molecule has 0 heterocycles. The monoisotopic (exact) mass is 231 g/mol. The Kier molecular flexibility index (Phi) is 4.77. The van der Waals surface area contributed by atoms with E-state index in [2.05, 4.69) is 11.2 Å². The minimum absolute atomic E-state index is 0.135. The topological polar surface area (TPSA) is 66.4 Å². The van der Waals surface area contributed by atoms with Crippen molar-refractivity contribution in [2.75, 3.05) is 0 Å². The van der Waals surface area contributed by atoms with Crippen molar-refractivity contribution in [3.63, 3.8) is 0 Å². The second-order valence-electron chi connectivity index (χ2n) is 3.49. The summed E-state index contributed by atoms with van der Waals surface area (Å²) in [5.74, 6) is 1.27. The number of benzene rings is 1. The fourth-order valence-corrected chi connectivity index (χ4v) is 1.29. The van der Waals surface area contributed by atoms with Crippen molar-refractivity contribution < 1.29 is 14.7 Å². The van der Waals surface area contributed by atoms with Crippen LogP contribution in [-0.4, -0.2) is 17.0 Å². The molecular weight excluding hydrogens is 218 g/mol. The second-order valence-corrected chi connectivity index (χ2v) is 3.49. The Morgan fingerprint density at radius 1 is 1.41 bits per heavy atom. The number of nitrogens with one attached hydrogen (secondary N) is 1. The summed E-state index contributed by atoms with van der Waals surface area (Å²) in [6.07, 6.45) is 5.73. The first-order valence-corrected chi connectivity index (χ1v) is 5.16. The van der Waals surface area contributed by atoms with Crippen LogP contribution in [0.2, 0.25) is 0 Å². The van der Waals surface area contributed by atoms with Crippen molar-refractivity contribution in [2.24, 2.45) is 0 Å². The van der Waals surface area contributed by atoms with Crippen LogP contribution in [0, 0.1) is 12.3 Å². The lowest BCUT2D eigenvalue weighted by Gasteiger charge is -2.05. The molecule has 1 aromatic carbocycles. The molecule has 1 amide bonds. The van der Waals surface area contributed by atoms with Gasteiger partial charge in [0.1, 0.15) is 0 Å². The predicted octanol–water partition coefficient (Wildman–Crippen LogP) is 1.41. The van der Waals surface area contributed by atoms with E-state index in [-0.39, 0.29) is 17.9 Å². The molecule has 88 valence electrons. The van der Waals surface area contributed by atoms with E-state index in [9.17, 15) is 9.59 Å². The summed E-state index contributed by atoms with van der Waals surface area (Å²) in [5, 5.41) is 11.5. The summed E-state index contributed by atoms with van der Waals surface area (Å²) < 4.78 is 0. The molecule has 0 bridgehead atoms. The third-order valence-electron chi connectivity index (χ3n) is 2.16. The van der Waals surface area contributed by atoms with Crippen LogP contribution in [0.15, 0.2) is 24.3 Å². The molecule has 0 fully saturated rings. The number of carbonyl (C=O) groups excluding carboxylic acids is 1. The first-order valence-electron chi connectivity index (χ1n) is 5.16. The van der Waals surface area contributed by atoms with Gasteiger partial charge in [-0.25, -0.2) is 4.79 Å². The molecule has 0 spiro atoms. The number of carbonyl (C=O) groups is 2. The fraction of sp³-hybridized carbons (Fsp3) is 0.231. The Balaban J connectivity index is 2.52. The number of rotatable bonds is 5. The summed E-state index contributed by atoms with van der Waals surface area (Å²) in [6.45, 7) is 0.310. The van der Waals surface area contributed by atoms with E-state index in [1.807, 2.05) is 0 Å². The number of terminal acetylenes is 1. The molecule has 0 aliphatic heterocycles. The summed E-state index contributed by atoms with van der Waals surface area (Å²) in [6, 6.07) is 6.44. The molecule has 0 saturated heterocycles. The van der Waals surface area contributed by atoms with Crippen LogP contribution in [0.4, 0.5) is 0 Å². The third kappa shape index (κ3) is 4.39. The highest BCUT2D eigenvalue weighted by Crippen LogP contribution is 2.05. The van der Waals surface area contributed by atoms with E-state index >= 15 is 0 Å². The average Bonchev–Trinajstić information content (AvgIpc) is 2.34. The van der Waals surface area contributed by atoms with E-state index in [4.69, 9.17) is 11.5 Å². The van der Waals surface area contributed by atoms with Crippen LogP contribution >= 0.6 is 0 Å². The van der Waals surface area contributed by atoms with Gasteiger partial charge in [0.05, 0.1) is 5.56 Å². The van der Waals surface area contributed by atoms with Gasteiger partial charge >= 0.3 is 5.97 Å². The number of carboxylic acid groups (broad SMARTS) is 1. The maximum Gasteiger partial charge on any atom is 0.335 e. The number of hydrogen-bond acceptors (Lipinski definition) is 2. The van der Waals surface area contributed by atoms with E-state index < -0.39 is 5.97 Å². The summed E-state index contributed by atoms with van der Waals surface area (Å²) in [4.78, 5) is 22.0. The molecule has 0 aliphatic rings. The number of carboxylic acids is 1. The Labute approximate surface area is 99.7 Å². The van der Waals surface area contributed by atoms with Crippen molar-refractivity contribution in [2.45, 2.75) is 19.4 Å². The van der Waals surface area contributed by atoms with Gasteiger partial charge in [-0.15, -0.1) is 12.3 Å². The molecule has 0 aliphatic carbocycles. The van der Waals surface area contributed by atoms with Gasteiger partial charge in [-0.1, -0.05) is 12.1 Å². The summed E-state index contributed by atoms with van der Waals surface area (Å²) >= 11 is 0. The molecule has 0 aromatic heterocycles. The lowest BCUT2D eigenvalue weighted by molar-refractivity contribution is -0.121. The second kappa shape index (κ2) is 6.33. The molecule has 1 rings (SSSR count). The highest BCUT2D eigenvalue weighted by Gasteiger charge is 2.04. The van der Waals surface area contributed by atoms with E-state index in [0.717, 1.165) is 5.56 Å². The van der Waals surface area contributed by atoms with Crippen molar-refractivity contribution in [3.8, 4) is 12.3 Å². The normalized spacial score (nSPS) is 9.35. The van der Waals surface area contributed by atoms with Crippen LogP contribution in [0.3, 0.4) is 0 Å². The van der Waals surface area contributed by atoms with Crippen molar-refractivity contribution in [3.05, 3.63) is 35.4 Å². The smallest absolute Gasteiger partial charge is 0.335 e. The van der Waals surface area contributed by atoms with Crippen LogP contribution < -0.4 is 5.32 Å². The van der Waals surface area contributed by atoms with E-state index in [1.54, 1.807) is 12.1 Å². The SMILES string of the molecule is C#CCCC(=O)NCc1cccc(C(=O)O)c1. The standard InChI is InChI=1S/C13H13NO3/c1-2-3-7-12(15)14-9-10-5-4-6-11(8-10)13(16)17/h1,4-6,8H,3,7,9H2,(H,14,15)(H,16,17). The molecule has 0 atom stereocenters. The first-order chi connectivity index (χ1) is 8.13. The third-order valence-corrected chi connectivity index (χ3v) is 2.16. The average molecular weight is 231 g/mol. The Hall–Kier alpha value is -2.28. The molecule has 4 nitrogen and oxygen atoms in total. The Morgan fingerprint density at radius 2 is 2.18 bits per heavy atom. The van der Waals surface area contributed by atoms with Gasteiger partial charge in [0.2, 0.25) is 5.91 Å². The summed E-state index contributed by atoms with van der Waals surface area (Å²) in [7, 11) is 0. The van der Waals surface area contributed by atoms with Gasteiger partial charge in [0.15, 0.2) is 0 Å². The van der Waals surface area contributed by atoms with E-state index in [0.29, 0.717) is 13.0 Å². The zero-order valence-electron chi connectivity index (χ0n) is 9.27. The molecular formula is C13H13NO3. The molecule has 0 saturated carbocycles. The molecule has 4 heteroatoms. The number of aromatic carboxylic acids is 1. The Bertz CT molecular complexity index is 460. The zero-order chi connectivity index (χ0) is 12.7. The zero-order valence-corrected chi connectivity index (χ0v) is 9.27. The maximum atomic E-state index is 11.3. The molecule has 1 aromatic rings. The number of hydrogen-bond donors (Lipinski definition) is 2. The van der Waals surface area contributed by atoms with Crippen molar-refractivity contribution in [1.82, 2.24) is 5.32 Å². The van der Waals surface area contributed by atoms with Crippen LogP contribution in [0.1, 0.15) is 28.8 Å². The molecule has 0 radical (unpaired) electrons. The van der Waals surface area contributed by atoms with Gasteiger partial charge in [-0.2, -0.15) is 0 Å². The first kappa shape index (κ1) is 12.8. The van der Waals surface area contributed by atoms with Gasteiger partial charge in [0.25, 0.3) is 0 Å². The molecule has 17 heavy (non-hydrogen) atoms. The number of amides is 1. The quantitative estimate of drug-likeness (QED) is 0.753. The predicted molar refractivity (Wildman–Crippen MR) is 63.3 cm³/mol. The van der Waals surface area contributed by atoms with Gasteiger partial charge in [-0.3, -0.25) is 4.79 Å². The Morgan fingerprint density at radius 3 is 2.82 bits per heavy atom. The minimum Gasteiger partial charge on any atom is -0.478 e. The van der Waals surface area contributed by atoms with Crippen molar-refractivity contribution >= 4 is 11.9 Å².